The highest BCUT2D eigenvalue weighted by atomic mass is 32.2. The van der Waals surface area contributed by atoms with Gasteiger partial charge in [0.2, 0.25) is 0 Å². The van der Waals surface area contributed by atoms with Crippen LogP contribution in [0.2, 0.25) is 0 Å². The highest BCUT2D eigenvalue weighted by Crippen LogP contribution is 2.21. The van der Waals surface area contributed by atoms with Crippen molar-refractivity contribution in [2.45, 2.75) is 0 Å². The number of allylic oxidation sites excluding steroid dienone is 3. The van der Waals surface area contributed by atoms with Crippen LogP contribution in [0.25, 0.3) is 0 Å². The van der Waals surface area contributed by atoms with Gasteiger partial charge in [0.15, 0.2) is 0 Å². The Bertz CT molecular complexity index is 201. The van der Waals surface area contributed by atoms with Gasteiger partial charge in [-0.15, -0.1) is 0 Å². The van der Waals surface area contributed by atoms with Crippen LogP contribution in [0.1, 0.15) is 0 Å². The van der Waals surface area contributed by atoms with Crippen molar-refractivity contribution in [3.8, 4) is 0 Å². The van der Waals surface area contributed by atoms with Crippen LogP contribution in [0.3, 0.4) is 0 Å². The Morgan fingerprint density at radius 3 is 2.89 bits per heavy atom. The molecule has 0 spiro atoms. The van der Waals surface area contributed by atoms with Gasteiger partial charge >= 0.3 is 0 Å². The summed E-state index contributed by atoms with van der Waals surface area (Å²) in [6, 6.07) is 0. The highest BCUT2D eigenvalue weighted by molar-refractivity contribution is 8.17. The number of nitrogens with one attached hydrogen (secondary N) is 1. The quantitative estimate of drug-likeness (QED) is 0.589. The molecule has 0 aromatic rings. The predicted molar refractivity (Wildman–Crippen MR) is 42.7 cm³/mol. The number of hydrogen-bond donors (Lipinski definition) is 1. The van der Waals surface area contributed by atoms with Crippen molar-refractivity contribution in [1.82, 2.24) is 0 Å². The summed E-state index contributed by atoms with van der Waals surface area (Å²) < 4.78 is 0. The van der Waals surface area contributed by atoms with Gasteiger partial charge in [-0.25, -0.2) is 0 Å². The smallest absolute Gasteiger partial charge is 0.0984 e. The summed E-state index contributed by atoms with van der Waals surface area (Å²) in [4.78, 5) is 0. The number of rotatable bonds is 1. The van der Waals surface area contributed by atoms with Crippen molar-refractivity contribution in [3.05, 3.63) is 35.8 Å². The number of thioether (sulfide) groups is 1. The second kappa shape index (κ2) is 2.69. The van der Waals surface area contributed by atoms with Crippen LogP contribution in [0.4, 0.5) is 0 Å². The van der Waals surface area contributed by atoms with Crippen molar-refractivity contribution in [1.29, 1.82) is 5.41 Å². The maximum Gasteiger partial charge on any atom is 0.0984 e. The summed E-state index contributed by atoms with van der Waals surface area (Å²) in [5.41, 5.74) is 0.954. The molecule has 1 aliphatic rings. The molecule has 0 aliphatic carbocycles. The zero-order valence-corrected chi connectivity index (χ0v) is 5.74. The van der Waals surface area contributed by atoms with E-state index in [1.165, 1.54) is 11.8 Å². The average molecular weight is 137 g/mol. The van der Waals surface area contributed by atoms with E-state index in [-0.39, 0.29) is 0 Å². The summed E-state index contributed by atoms with van der Waals surface area (Å²) in [6.45, 7) is 3.54. The topological polar surface area (TPSA) is 23.9 Å². The molecule has 0 aromatic carbocycles. The van der Waals surface area contributed by atoms with Crippen molar-refractivity contribution < 1.29 is 0 Å². The lowest BCUT2D eigenvalue weighted by atomic mass is 10.3. The maximum absolute atomic E-state index is 7.29. The zero-order valence-electron chi connectivity index (χ0n) is 4.92. The van der Waals surface area contributed by atoms with E-state index in [9.17, 15) is 0 Å². The predicted octanol–water partition coefficient (Wildman–Crippen LogP) is 2.34. The van der Waals surface area contributed by atoms with Crippen LogP contribution in [0.15, 0.2) is 35.8 Å². The molecule has 0 unspecified atom stereocenters. The SMILES string of the molecule is C=C/C=C1/C=CSC1=N. The van der Waals surface area contributed by atoms with Gasteiger partial charge < -0.3 is 0 Å². The molecule has 0 amide bonds. The lowest BCUT2D eigenvalue weighted by Gasteiger charge is -1.88. The largest absolute Gasteiger partial charge is 0.293 e. The minimum atomic E-state index is 0.606. The first-order valence-electron chi connectivity index (χ1n) is 2.59. The second-order valence-electron chi connectivity index (χ2n) is 1.61. The molecule has 0 atom stereocenters. The summed E-state index contributed by atoms with van der Waals surface area (Å²) in [5.74, 6) is 0. The van der Waals surface area contributed by atoms with Crippen LogP contribution in [0.5, 0.6) is 0 Å². The van der Waals surface area contributed by atoms with Gasteiger partial charge in [0, 0.05) is 5.57 Å². The van der Waals surface area contributed by atoms with Crippen molar-refractivity contribution in [3.63, 3.8) is 0 Å². The Hall–Kier alpha value is -0.760. The van der Waals surface area contributed by atoms with E-state index >= 15 is 0 Å². The van der Waals surface area contributed by atoms with Crippen LogP contribution in [0, 0.1) is 5.41 Å². The fourth-order valence-corrected chi connectivity index (χ4v) is 1.20. The van der Waals surface area contributed by atoms with Gasteiger partial charge in [0.25, 0.3) is 0 Å². The Morgan fingerprint density at radius 1 is 1.67 bits per heavy atom. The summed E-state index contributed by atoms with van der Waals surface area (Å²) >= 11 is 1.43. The first kappa shape index (κ1) is 6.36. The molecule has 0 fully saturated rings. The van der Waals surface area contributed by atoms with E-state index in [1.807, 2.05) is 17.6 Å². The fourth-order valence-electron chi connectivity index (χ4n) is 0.577. The van der Waals surface area contributed by atoms with Crippen LogP contribution in [-0.4, -0.2) is 5.04 Å². The minimum absolute atomic E-state index is 0.606. The van der Waals surface area contributed by atoms with Gasteiger partial charge in [0.1, 0.15) is 0 Å². The Morgan fingerprint density at radius 2 is 2.44 bits per heavy atom. The van der Waals surface area contributed by atoms with Crippen molar-refractivity contribution in [2.24, 2.45) is 0 Å². The summed E-state index contributed by atoms with van der Waals surface area (Å²) in [6.07, 6.45) is 5.44. The van der Waals surface area contributed by atoms with E-state index in [4.69, 9.17) is 5.41 Å². The molecule has 1 heterocycles. The molecular formula is C7H7NS. The van der Waals surface area contributed by atoms with Crippen molar-refractivity contribution in [2.75, 3.05) is 0 Å². The third kappa shape index (κ3) is 1.33. The first-order chi connectivity index (χ1) is 4.34. The molecule has 1 N–H and O–H groups in total. The van der Waals surface area contributed by atoms with Crippen LogP contribution < -0.4 is 0 Å². The standard InChI is InChI=1S/C7H7NS/c1-2-3-6-4-5-9-7(6)8/h2-5,8H,1H2/b6-3-,8-7?. The molecule has 0 bridgehead atoms. The molecule has 1 nitrogen and oxygen atoms in total. The molecule has 1 rings (SSSR count). The van der Waals surface area contributed by atoms with Gasteiger partial charge in [-0.3, -0.25) is 5.41 Å². The fraction of sp³-hybridized carbons (Fsp3) is 0. The molecule has 9 heavy (non-hydrogen) atoms. The van der Waals surface area contributed by atoms with Crippen LogP contribution in [-0.2, 0) is 0 Å². The summed E-state index contributed by atoms with van der Waals surface area (Å²) in [5, 5.41) is 9.80. The molecule has 1 aliphatic heterocycles. The third-order valence-corrected chi connectivity index (χ3v) is 1.74. The van der Waals surface area contributed by atoms with Gasteiger partial charge in [0.05, 0.1) is 5.04 Å². The molecule has 0 saturated carbocycles. The van der Waals surface area contributed by atoms with E-state index in [0.29, 0.717) is 5.04 Å². The number of hydrogen-bond acceptors (Lipinski definition) is 2. The lowest BCUT2D eigenvalue weighted by molar-refractivity contribution is 1.55. The monoisotopic (exact) mass is 137 g/mol. The lowest BCUT2D eigenvalue weighted by Crippen LogP contribution is -1.83. The molecule has 2 heteroatoms. The normalized spacial score (nSPS) is 21.3. The average Bonchev–Trinajstić information content (AvgIpc) is 2.18. The molecule has 46 valence electrons. The first-order valence-corrected chi connectivity index (χ1v) is 3.47. The van der Waals surface area contributed by atoms with Gasteiger partial charge in [-0.2, -0.15) is 0 Å². The zero-order chi connectivity index (χ0) is 6.69. The second-order valence-corrected chi connectivity index (χ2v) is 2.52. The summed E-state index contributed by atoms with van der Waals surface area (Å²) in [7, 11) is 0. The minimum Gasteiger partial charge on any atom is -0.293 e. The van der Waals surface area contributed by atoms with E-state index in [1.54, 1.807) is 6.08 Å². The molecule has 0 radical (unpaired) electrons. The van der Waals surface area contributed by atoms with E-state index in [2.05, 4.69) is 6.58 Å². The van der Waals surface area contributed by atoms with E-state index < -0.39 is 0 Å². The Balaban J connectivity index is 2.81. The van der Waals surface area contributed by atoms with Gasteiger partial charge in [-0.05, 0) is 11.5 Å². The molecule has 0 aromatic heterocycles. The Kier molecular flexibility index (Phi) is 1.90. The molecular weight excluding hydrogens is 130 g/mol. The maximum atomic E-state index is 7.29. The highest BCUT2D eigenvalue weighted by Gasteiger charge is 2.04. The third-order valence-electron chi connectivity index (χ3n) is 0.993. The van der Waals surface area contributed by atoms with Crippen LogP contribution >= 0.6 is 11.8 Å². The van der Waals surface area contributed by atoms with Gasteiger partial charge in [-0.1, -0.05) is 30.5 Å². The Labute approximate surface area is 58.7 Å². The van der Waals surface area contributed by atoms with E-state index in [0.717, 1.165) is 5.57 Å². The molecule has 0 saturated heterocycles. The van der Waals surface area contributed by atoms with Crippen molar-refractivity contribution >= 4 is 16.8 Å².